The summed E-state index contributed by atoms with van der Waals surface area (Å²) in [5.74, 6) is 0.769. The van der Waals surface area contributed by atoms with Crippen LogP contribution in [0.5, 0.6) is 5.75 Å². The number of aryl methyl sites for hydroxylation is 1. The molecule has 2 rings (SSSR count). The van der Waals surface area contributed by atoms with Gasteiger partial charge in [0.15, 0.2) is 6.61 Å². The molecule has 1 aromatic rings. The first kappa shape index (κ1) is 15.8. The topological polar surface area (TPSA) is 59.0 Å². The summed E-state index contributed by atoms with van der Waals surface area (Å²) in [7, 11) is 0. The van der Waals surface area contributed by atoms with Crippen LogP contribution in [-0.2, 0) is 9.53 Å². The Morgan fingerprint density at radius 3 is 2.71 bits per heavy atom. The van der Waals surface area contributed by atoms with Crippen LogP contribution in [0.15, 0.2) is 24.3 Å². The lowest BCUT2D eigenvalue weighted by Crippen LogP contribution is -2.43. The molecule has 1 fully saturated rings. The van der Waals surface area contributed by atoms with Crippen LogP contribution < -0.4 is 4.74 Å². The summed E-state index contributed by atoms with van der Waals surface area (Å²) in [4.78, 5) is 13.9. The molecule has 1 aliphatic rings. The molecule has 1 N–H and O–H groups in total. The largest absolute Gasteiger partial charge is 0.484 e. The van der Waals surface area contributed by atoms with Crippen LogP contribution in [0.2, 0.25) is 0 Å². The van der Waals surface area contributed by atoms with Gasteiger partial charge in [-0.3, -0.25) is 4.79 Å². The molecule has 0 unspecified atom stereocenters. The van der Waals surface area contributed by atoms with Crippen molar-refractivity contribution in [3.63, 3.8) is 0 Å². The molecule has 1 saturated heterocycles. The van der Waals surface area contributed by atoms with Gasteiger partial charge in [-0.15, -0.1) is 0 Å². The number of piperidine rings is 1. The Kier molecular flexibility index (Phi) is 6.02. The Labute approximate surface area is 125 Å². The van der Waals surface area contributed by atoms with Gasteiger partial charge >= 0.3 is 0 Å². The number of rotatable bonds is 6. The van der Waals surface area contributed by atoms with E-state index in [9.17, 15) is 4.79 Å². The number of likely N-dealkylation sites (tertiary alicyclic amines) is 1. The van der Waals surface area contributed by atoms with E-state index in [1.807, 2.05) is 36.1 Å². The number of aliphatic hydroxyl groups is 1. The third kappa shape index (κ3) is 4.72. The SMILES string of the molecule is Cc1ccccc1OCC(=O)N1CCC(OCCO)CC1. The summed E-state index contributed by atoms with van der Waals surface area (Å²) in [6.45, 7) is 3.83. The van der Waals surface area contributed by atoms with Crippen molar-refractivity contribution in [3.8, 4) is 5.75 Å². The molecular formula is C16H23NO4. The second-order valence-corrected chi connectivity index (χ2v) is 5.23. The molecule has 0 bridgehead atoms. The van der Waals surface area contributed by atoms with Gasteiger partial charge in [-0.1, -0.05) is 18.2 Å². The molecule has 5 heteroatoms. The summed E-state index contributed by atoms with van der Waals surface area (Å²) in [6.07, 6.45) is 1.78. The van der Waals surface area contributed by atoms with Crippen LogP contribution in [0.25, 0.3) is 0 Å². The number of carbonyl (C=O) groups excluding carboxylic acids is 1. The van der Waals surface area contributed by atoms with E-state index in [1.54, 1.807) is 0 Å². The molecule has 5 nitrogen and oxygen atoms in total. The van der Waals surface area contributed by atoms with Gasteiger partial charge < -0.3 is 19.5 Å². The highest BCUT2D eigenvalue weighted by molar-refractivity contribution is 5.77. The number of nitrogens with zero attached hydrogens (tertiary/aromatic N) is 1. The first-order chi connectivity index (χ1) is 10.2. The van der Waals surface area contributed by atoms with Crippen LogP contribution in [0.3, 0.4) is 0 Å². The second-order valence-electron chi connectivity index (χ2n) is 5.23. The number of hydrogen-bond donors (Lipinski definition) is 1. The third-order valence-electron chi connectivity index (χ3n) is 3.68. The molecule has 116 valence electrons. The molecule has 0 saturated carbocycles. The summed E-state index contributed by atoms with van der Waals surface area (Å²) in [6, 6.07) is 7.68. The summed E-state index contributed by atoms with van der Waals surface area (Å²) in [5.41, 5.74) is 1.03. The average molecular weight is 293 g/mol. The van der Waals surface area contributed by atoms with E-state index in [-0.39, 0.29) is 25.2 Å². The zero-order chi connectivity index (χ0) is 15.1. The van der Waals surface area contributed by atoms with Crippen molar-refractivity contribution >= 4 is 5.91 Å². The van der Waals surface area contributed by atoms with E-state index in [0.29, 0.717) is 19.7 Å². The van der Waals surface area contributed by atoms with E-state index >= 15 is 0 Å². The van der Waals surface area contributed by atoms with Gasteiger partial charge in [-0.05, 0) is 31.4 Å². The molecule has 0 radical (unpaired) electrons. The van der Waals surface area contributed by atoms with Crippen molar-refractivity contribution < 1.29 is 19.4 Å². The van der Waals surface area contributed by atoms with E-state index < -0.39 is 0 Å². The Balaban J connectivity index is 1.74. The molecule has 1 amide bonds. The standard InChI is InChI=1S/C16H23NO4/c1-13-4-2-3-5-15(13)21-12-16(19)17-8-6-14(7-9-17)20-11-10-18/h2-5,14,18H,6-12H2,1H3. The highest BCUT2D eigenvalue weighted by Crippen LogP contribution is 2.17. The van der Waals surface area contributed by atoms with Crippen molar-refractivity contribution in [2.24, 2.45) is 0 Å². The fraction of sp³-hybridized carbons (Fsp3) is 0.562. The molecule has 1 aliphatic heterocycles. The second kappa shape index (κ2) is 8.00. The molecule has 1 heterocycles. The smallest absolute Gasteiger partial charge is 0.260 e. The molecule has 0 spiro atoms. The number of hydrogen-bond acceptors (Lipinski definition) is 4. The number of ether oxygens (including phenoxy) is 2. The van der Waals surface area contributed by atoms with Crippen LogP contribution in [0.1, 0.15) is 18.4 Å². The Morgan fingerprint density at radius 1 is 1.33 bits per heavy atom. The van der Waals surface area contributed by atoms with Crippen LogP contribution in [0, 0.1) is 6.92 Å². The fourth-order valence-electron chi connectivity index (χ4n) is 2.44. The molecule has 21 heavy (non-hydrogen) atoms. The van der Waals surface area contributed by atoms with Crippen molar-refractivity contribution in [2.75, 3.05) is 32.9 Å². The molecule has 0 aliphatic carbocycles. The predicted molar refractivity (Wildman–Crippen MR) is 79.3 cm³/mol. The maximum atomic E-state index is 12.1. The summed E-state index contributed by atoms with van der Waals surface area (Å²) < 4.78 is 11.1. The number of carbonyl (C=O) groups is 1. The van der Waals surface area contributed by atoms with Gasteiger partial charge in [0.2, 0.25) is 0 Å². The van der Waals surface area contributed by atoms with E-state index in [1.165, 1.54) is 0 Å². The van der Waals surface area contributed by atoms with Gasteiger partial charge in [0, 0.05) is 13.1 Å². The normalized spacial score (nSPS) is 16.0. The van der Waals surface area contributed by atoms with E-state index in [0.717, 1.165) is 24.2 Å². The minimum Gasteiger partial charge on any atom is -0.484 e. The third-order valence-corrected chi connectivity index (χ3v) is 3.68. The predicted octanol–water partition coefficient (Wildman–Crippen LogP) is 1.37. The zero-order valence-electron chi connectivity index (χ0n) is 12.5. The average Bonchev–Trinajstić information content (AvgIpc) is 2.52. The highest BCUT2D eigenvalue weighted by atomic mass is 16.5. The molecule has 0 atom stereocenters. The number of amides is 1. The minimum atomic E-state index is 0.0128. The number of para-hydroxylation sites is 1. The first-order valence-electron chi connectivity index (χ1n) is 7.39. The monoisotopic (exact) mass is 293 g/mol. The molecular weight excluding hydrogens is 270 g/mol. The van der Waals surface area contributed by atoms with Gasteiger partial charge in [-0.2, -0.15) is 0 Å². The highest BCUT2D eigenvalue weighted by Gasteiger charge is 2.23. The zero-order valence-corrected chi connectivity index (χ0v) is 12.5. The lowest BCUT2D eigenvalue weighted by molar-refractivity contribution is -0.136. The van der Waals surface area contributed by atoms with E-state index in [2.05, 4.69) is 0 Å². The Hall–Kier alpha value is -1.59. The minimum absolute atomic E-state index is 0.0128. The Bertz CT molecular complexity index is 455. The number of aliphatic hydroxyl groups excluding tert-OH is 1. The lowest BCUT2D eigenvalue weighted by atomic mass is 10.1. The van der Waals surface area contributed by atoms with Crippen LogP contribution in [-0.4, -0.2) is 54.9 Å². The number of benzene rings is 1. The van der Waals surface area contributed by atoms with Crippen molar-refractivity contribution in [3.05, 3.63) is 29.8 Å². The first-order valence-corrected chi connectivity index (χ1v) is 7.39. The van der Waals surface area contributed by atoms with Gasteiger partial charge in [0.25, 0.3) is 5.91 Å². The quantitative estimate of drug-likeness (QED) is 0.860. The molecule has 1 aromatic carbocycles. The van der Waals surface area contributed by atoms with E-state index in [4.69, 9.17) is 14.6 Å². The van der Waals surface area contributed by atoms with Crippen molar-refractivity contribution in [1.82, 2.24) is 4.90 Å². The van der Waals surface area contributed by atoms with Crippen molar-refractivity contribution in [1.29, 1.82) is 0 Å². The Morgan fingerprint density at radius 2 is 2.05 bits per heavy atom. The fourth-order valence-corrected chi connectivity index (χ4v) is 2.44. The van der Waals surface area contributed by atoms with Gasteiger partial charge in [0.05, 0.1) is 19.3 Å². The summed E-state index contributed by atoms with van der Waals surface area (Å²) in [5, 5.41) is 8.73. The lowest BCUT2D eigenvalue weighted by Gasteiger charge is -2.31. The molecule has 0 aromatic heterocycles. The van der Waals surface area contributed by atoms with Gasteiger partial charge in [-0.25, -0.2) is 0 Å². The maximum Gasteiger partial charge on any atom is 0.260 e. The van der Waals surface area contributed by atoms with Gasteiger partial charge in [0.1, 0.15) is 5.75 Å². The maximum absolute atomic E-state index is 12.1. The van der Waals surface area contributed by atoms with Crippen LogP contribution >= 0.6 is 0 Å². The van der Waals surface area contributed by atoms with Crippen LogP contribution in [0.4, 0.5) is 0 Å². The van der Waals surface area contributed by atoms with Crippen molar-refractivity contribution in [2.45, 2.75) is 25.9 Å². The summed E-state index contributed by atoms with van der Waals surface area (Å²) >= 11 is 0.